The number of likely N-dealkylation sites (N-methyl/N-ethyl adjacent to an activating group) is 1. The Morgan fingerprint density at radius 2 is 2.36 bits per heavy atom. The molecule has 0 radical (unpaired) electrons. The van der Waals surface area contributed by atoms with Gasteiger partial charge in [-0.3, -0.25) is 0 Å². The fraction of sp³-hybridized carbons (Fsp3) is 0.636. The number of nitrogens with zero attached hydrogens (tertiary/aromatic N) is 1. The first kappa shape index (κ1) is 12.0. The third-order valence-electron chi connectivity index (χ3n) is 2.47. The molecule has 1 atom stereocenters. The van der Waals surface area contributed by atoms with Crippen LogP contribution in [0.1, 0.15) is 18.2 Å². The van der Waals surface area contributed by atoms with Crippen LogP contribution in [0.4, 0.5) is 0 Å². The van der Waals surface area contributed by atoms with E-state index in [1.807, 2.05) is 11.3 Å². The van der Waals surface area contributed by atoms with Gasteiger partial charge in [0.15, 0.2) is 0 Å². The van der Waals surface area contributed by atoms with E-state index in [0.717, 1.165) is 25.3 Å². The first-order chi connectivity index (χ1) is 6.74. The molecular formula is C11H18ClNS. The van der Waals surface area contributed by atoms with Gasteiger partial charge in [-0.15, -0.1) is 22.9 Å². The van der Waals surface area contributed by atoms with E-state index in [-0.39, 0.29) is 0 Å². The third kappa shape index (κ3) is 3.99. The summed E-state index contributed by atoms with van der Waals surface area (Å²) < 4.78 is 0. The van der Waals surface area contributed by atoms with Gasteiger partial charge in [0.2, 0.25) is 0 Å². The summed E-state index contributed by atoms with van der Waals surface area (Å²) >= 11 is 7.51. The average molecular weight is 232 g/mol. The Hall–Kier alpha value is -0.0500. The maximum absolute atomic E-state index is 5.67. The highest BCUT2D eigenvalue weighted by Crippen LogP contribution is 2.13. The molecule has 0 N–H and O–H groups in total. The summed E-state index contributed by atoms with van der Waals surface area (Å²) in [6.07, 6.45) is 2.23. The maximum atomic E-state index is 5.67. The van der Waals surface area contributed by atoms with E-state index in [2.05, 4.69) is 36.4 Å². The van der Waals surface area contributed by atoms with Gasteiger partial charge in [0.05, 0.1) is 0 Å². The molecule has 0 aliphatic rings. The van der Waals surface area contributed by atoms with Crippen LogP contribution < -0.4 is 0 Å². The Balaban J connectivity index is 2.30. The van der Waals surface area contributed by atoms with Gasteiger partial charge in [-0.1, -0.05) is 6.07 Å². The lowest BCUT2D eigenvalue weighted by molar-refractivity contribution is 0.258. The quantitative estimate of drug-likeness (QED) is 0.680. The van der Waals surface area contributed by atoms with Crippen molar-refractivity contribution in [2.75, 3.05) is 19.5 Å². The fourth-order valence-electron chi connectivity index (χ4n) is 1.41. The minimum Gasteiger partial charge on any atom is -0.303 e. The molecular weight excluding hydrogens is 214 g/mol. The molecule has 3 heteroatoms. The molecule has 0 amide bonds. The van der Waals surface area contributed by atoms with Crippen LogP contribution in [0.2, 0.25) is 0 Å². The summed E-state index contributed by atoms with van der Waals surface area (Å²) in [6.45, 7) is 3.37. The van der Waals surface area contributed by atoms with Crippen LogP contribution in [0.5, 0.6) is 0 Å². The van der Waals surface area contributed by atoms with E-state index in [1.165, 1.54) is 4.88 Å². The summed E-state index contributed by atoms with van der Waals surface area (Å²) in [5.74, 6) is 0.760. The molecule has 0 saturated carbocycles. The van der Waals surface area contributed by atoms with Crippen molar-refractivity contribution < 1.29 is 0 Å². The van der Waals surface area contributed by atoms with Crippen LogP contribution in [0.3, 0.4) is 0 Å². The number of hydrogen-bond acceptors (Lipinski definition) is 2. The Bertz CT molecular complexity index is 235. The first-order valence-corrected chi connectivity index (χ1v) is 6.44. The van der Waals surface area contributed by atoms with Crippen molar-refractivity contribution in [1.82, 2.24) is 4.90 Å². The van der Waals surface area contributed by atoms with Gasteiger partial charge < -0.3 is 4.90 Å². The van der Waals surface area contributed by atoms with Gasteiger partial charge in [0, 0.05) is 16.8 Å². The van der Waals surface area contributed by atoms with Crippen LogP contribution >= 0.6 is 22.9 Å². The van der Waals surface area contributed by atoms with Gasteiger partial charge in [-0.05, 0) is 44.8 Å². The predicted octanol–water partition coefficient (Wildman–Crippen LogP) is 3.24. The minimum absolute atomic E-state index is 0.608. The van der Waals surface area contributed by atoms with Crippen LogP contribution in [0.15, 0.2) is 17.5 Å². The maximum Gasteiger partial charge on any atom is 0.0235 e. The van der Waals surface area contributed by atoms with Crippen LogP contribution in [-0.4, -0.2) is 30.4 Å². The Kier molecular flexibility index (Phi) is 5.53. The normalized spacial score (nSPS) is 13.4. The summed E-state index contributed by atoms with van der Waals surface area (Å²) in [7, 11) is 2.17. The molecule has 1 nitrogen and oxygen atoms in total. The van der Waals surface area contributed by atoms with Gasteiger partial charge in [-0.25, -0.2) is 0 Å². The van der Waals surface area contributed by atoms with Crippen molar-refractivity contribution in [2.45, 2.75) is 25.8 Å². The molecule has 1 aromatic rings. The van der Waals surface area contributed by atoms with Crippen molar-refractivity contribution in [3.05, 3.63) is 22.4 Å². The zero-order valence-corrected chi connectivity index (χ0v) is 10.4. The molecule has 0 spiro atoms. The molecule has 0 fully saturated rings. The topological polar surface area (TPSA) is 3.24 Å². The van der Waals surface area contributed by atoms with Crippen LogP contribution in [0, 0.1) is 0 Å². The van der Waals surface area contributed by atoms with E-state index in [9.17, 15) is 0 Å². The number of halogens is 1. The second-order valence-electron chi connectivity index (χ2n) is 3.66. The highest BCUT2D eigenvalue weighted by molar-refractivity contribution is 7.09. The lowest BCUT2D eigenvalue weighted by Crippen LogP contribution is -2.31. The second kappa shape index (κ2) is 6.44. The number of hydrogen-bond donors (Lipinski definition) is 0. The van der Waals surface area contributed by atoms with Crippen molar-refractivity contribution in [1.29, 1.82) is 0 Å². The van der Waals surface area contributed by atoms with E-state index in [0.29, 0.717) is 6.04 Å². The summed E-state index contributed by atoms with van der Waals surface area (Å²) in [5, 5.41) is 2.14. The zero-order valence-electron chi connectivity index (χ0n) is 8.87. The molecule has 1 heterocycles. The third-order valence-corrected chi connectivity index (χ3v) is 3.64. The minimum atomic E-state index is 0.608. The summed E-state index contributed by atoms with van der Waals surface area (Å²) in [5.41, 5.74) is 0. The number of rotatable bonds is 6. The summed E-state index contributed by atoms with van der Waals surface area (Å²) in [6, 6.07) is 4.93. The van der Waals surface area contributed by atoms with Gasteiger partial charge >= 0.3 is 0 Å². The molecule has 0 bridgehead atoms. The van der Waals surface area contributed by atoms with Crippen molar-refractivity contribution >= 4 is 22.9 Å². The standard InChI is InChI=1S/C11H18ClNS/c1-10(13(2)7-4-6-12)9-11-5-3-8-14-11/h3,5,8,10H,4,6-7,9H2,1-2H3. The number of alkyl halides is 1. The van der Waals surface area contributed by atoms with Crippen molar-refractivity contribution in [3.63, 3.8) is 0 Å². The largest absolute Gasteiger partial charge is 0.303 e. The molecule has 1 unspecified atom stereocenters. The summed E-state index contributed by atoms with van der Waals surface area (Å²) in [4.78, 5) is 3.84. The average Bonchev–Trinajstić information content (AvgIpc) is 2.66. The van der Waals surface area contributed by atoms with E-state index >= 15 is 0 Å². The first-order valence-electron chi connectivity index (χ1n) is 5.02. The second-order valence-corrected chi connectivity index (χ2v) is 5.07. The Labute approximate surface area is 95.7 Å². The Morgan fingerprint density at radius 1 is 1.57 bits per heavy atom. The smallest absolute Gasteiger partial charge is 0.0235 e. The molecule has 0 aliphatic heterocycles. The fourth-order valence-corrected chi connectivity index (χ4v) is 2.35. The van der Waals surface area contributed by atoms with Crippen molar-refractivity contribution in [2.24, 2.45) is 0 Å². The van der Waals surface area contributed by atoms with E-state index < -0.39 is 0 Å². The molecule has 0 aromatic carbocycles. The predicted molar refractivity (Wildman–Crippen MR) is 65.5 cm³/mol. The van der Waals surface area contributed by atoms with Crippen LogP contribution in [0.25, 0.3) is 0 Å². The molecule has 1 aromatic heterocycles. The highest BCUT2D eigenvalue weighted by Gasteiger charge is 2.09. The highest BCUT2D eigenvalue weighted by atomic mass is 35.5. The van der Waals surface area contributed by atoms with Crippen LogP contribution in [-0.2, 0) is 6.42 Å². The van der Waals surface area contributed by atoms with Gasteiger partial charge in [0.25, 0.3) is 0 Å². The monoisotopic (exact) mass is 231 g/mol. The Morgan fingerprint density at radius 3 is 2.93 bits per heavy atom. The lowest BCUT2D eigenvalue weighted by atomic mass is 10.2. The molecule has 80 valence electrons. The molecule has 1 rings (SSSR count). The zero-order chi connectivity index (χ0) is 10.4. The van der Waals surface area contributed by atoms with Gasteiger partial charge in [0.1, 0.15) is 0 Å². The van der Waals surface area contributed by atoms with Gasteiger partial charge in [-0.2, -0.15) is 0 Å². The molecule has 14 heavy (non-hydrogen) atoms. The number of thiophene rings is 1. The SMILES string of the molecule is CC(Cc1cccs1)N(C)CCCCl. The van der Waals surface area contributed by atoms with E-state index in [1.54, 1.807) is 0 Å². The molecule has 0 saturated heterocycles. The lowest BCUT2D eigenvalue weighted by Gasteiger charge is -2.23. The van der Waals surface area contributed by atoms with Crippen molar-refractivity contribution in [3.8, 4) is 0 Å². The molecule has 0 aliphatic carbocycles. The van der Waals surface area contributed by atoms with E-state index in [4.69, 9.17) is 11.6 Å².